The second-order valence-electron chi connectivity index (χ2n) is 8.18. The van der Waals surface area contributed by atoms with Crippen LogP contribution in [0.4, 0.5) is 4.79 Å². The molecule has 1 saturated heterocycles. The highest BCUT2D eigenvalue weighted by molar-refractivity contribution is 5.95. The molecule has 0 radical (unpaired) electrons. The zero-order valence-corrected chi connectivity index (χ0v) is 16.9. The van der Waals surface area contributed by atoms with Gasteiger partial charge in [0.15, 0.2) is 0 Å². The van der Waals surface area contributed by atoms with Crippen LogP contribution in [-0.2, 0) is 18.2 Å². The number of amides is 2. The number of aryl methyl sites for hydroxylation is 1. The van der Waals surface area contributed by atoms with Crippen molar-refractivity contribution >= 4 is 12.0 Å². The van der Waals surface area contributed by atoms with Gasteiger partial charge in [0.1, 0.15) is 5.60 Å². The zero-order chi connectivity index (χ0) is 20.3. The molecule has 0 saturated carbocycles. The molecule has 150 valence electrons. The van der Waals surface area contributed by atoms with Gasteiger partial charge in [0.05, 0.1) is 17.5 Å². The van der Waals surface area contributed by atoms with Gasteiger partial charge >= 0.3 is 6.09 Å². The van der Waals surface area contributed by atoms with Crippen molar-refractivity contribution in [2.24, 2.45) is 7.05 Å². The first kappa shape index (κ1) is 19.9. The third kappa shape index (κ3) is 4.91. The lowest BCUT2D eigenvalue weighted by atomic mass is 10.1. The SMILES string of the molecule is Cn1ncc(C(=O)NC2CCN(C(=O)OC(C)(C)C)C2)c1Cc1ccccc1. The average Bonchev–Trinajstić information content (AvgIpc) is 3.22. The van der Waals surface area contributed by atoms with Crippen LogP contribution in [0.2, 0.25) is 0 Å². The molecule has 1 fully saturated rings. The Bertz CT molecular complexity index is 839. The van der Waals surface area contributed by atoms with E-state index >= 15 is 0 Å². The third-order valence-electron chi connectivity index (χ3n) is 4.70. The highest BCUT2D eigenvalue weighted by atomic mass is 16.6. The van der Waals surface area contributed by atoms with Crippen molar-refractivity contribution in [2.75, 3.05) is 13.1 Å². The first-order valence-corrected chi connectivity index (χ1v) is 9.56. The third-order valence-corrected chi connectivity index (χ3v) is 4.70. The lowest BCUT2D eigenvalue weighted by molar-refractivity contribution is 0.0290. The average molecular weight is 384 g/mol. The molecule has 1 aromatic carbocycles. The summed E-state index contributed by atoms with van der Waals surface area (Å²) in [6.45, 7) is 6.56. The van der Waals surface area contributed by atoms with Crippen LogP contribution < -0.4 is 5.32 Å². The minimum absolute atomic E-state index is 0.0928. The van der Waals surface area contributed by atoms with Crippen molar-refractivity contribution < 1.29 is 14.3 Å². The van der Waals surface area contributed by atoms with E-state index in [9.17, 15) is 9.59 Å². The van der Waals surface area contributed by atoms with Crippen LogP contribution in [0.5, 0.6) is 0 Å². The Hall–Kier alpha value is -2.83. The van der Waals surface area contributed by atoms with Gasteiger partial charge in [-0.3, -0.25) is 9.48 Å². The van der Waals surface area contributed by atoms with Gasteiger partial charge in [-0.1, -0.05) is 30.3 Å². The molecule has 28 heavy (non-hydrogen) atoms. The van der Waals surface area contributed by atoms with E-state index in [1.54, 1.807) is 15.8 Å². The highest BCUT2D eigenvalue weighted by Crippen LogP contribution is 2.17. The fourth-order valence-corrected chi connectivity index (χ4v) is 3.28. The summed E-state index contributed by atoms with van der Waals surface area (Å²) in [7, 11) is 1.84. The van der Waals surface area contributed by atoms with E-state index in [2.05, 4.69) is 10.4 Å². The fraction of sp³-hybridized carbons (Fsp3) is 0.476. The maximum absolute atomic E-state index is 12.8. The maximum atomic E-state index is 12.8. The van der Waals surface area contributed by atoms with Crippen LogP contribution in [0, 0.1) is 0 Å². The summed E-state index contributed by atoms with van der Waals surface area (Å²) >= 11 is 0. The van der Waals surface area contributed by atoms with Gasteiger partial charge in [0.2, 0.25) is 0 Å². The van der Waals surface area contributed by atoms with E-state index in [-0.39, 0.29) is 18.0 Å². The van der Waals surface area contributed by atoms with Gasteiger partial charge in [0, 0.05) is 32.6 Å². The van der Waals surface area contributed by atoms with Crippen molar-refractivity contribution in [3.63, 3.8) is 0 Å². The summed E-state index contributed by atoms with van der Waals surface area (Å²) < 4.78 is 7.15. The number of likely N-dealkylation sites (tertiary alicyclic amines) is 1. The Morgan fingerprint density at radius 1 is 1.25 bits per heavy atom. The summed E-state index contributed by atoms with van der Waals surface area (Å²) in [6.07, 6.45) is 2.61. The molecule has 7 nitrogen and oxygen atoms in total. The van der Waals surface area contributed by atoms with E-state index < -0.39 is 5.60 Å². The molecule has 0 aliphatic carbocycles. The molecule has 2 aromatic rings. The van der Waals surface area contributed by atoms with Crippen molar-refractivity contribution in [3.8, 4) is 0 Å². The predicted molar refractivity (Wildman–Crippen MR) is 106 cm³/mol. The number of benzene rings is 1. The molecule has 1 N–H and O–H groups in total. The first-order chi connectivity index (χ1) is 13.2. The lowest BCUT2D eigenvalue weighted by Crippen LogP contribution is -2.40. The molecule has 2 heterocycles. The van der Waals surface area contributed by atoms with E-state index in [1.807, 2.05) is 58.2 Å². The number of rotatable bonds is 4. The molecule has 1 aliphatic heterocycles. The number of carbonyl (C=O) groups is 2. The molecule has 2 amide bonds. The van der Waals surface area contributed by atoms with Crippen LogP contribution >= 0.6 is 0 Å². The van der Waals surface area contributed by atoms with Gasteiger partial charge in [-0.05, 0) is 32.8 Å². The van der Waals surface area contributed by atoms with Crippen molar-refractivity contribution in [2.45, 2.75) is 45.3 Å². The Morgan fingerprint density at radius 3 is 2.64 bits per heavy atom. The number of hydrogen-bond donors (Lipinski definition) is 1. The molecule has 3 rings (SSSR count). The predicted octanol–water partition coefficient (Wildman–Crippen LogP) is 2.75. The molecule has 1 aliphatic rings. The summed E-state index contributed by atoms with van der Waals surface area (Å²) in [6, 6.07) is 9.90. The fourth-order valence-electron chi connectivity index (χ4n) is 3.28. The van der Waals surface area contributed by atoms with Crippen LogP contribution in [0.1, 0.15) is 48.8 Å². The quantitative estimate of drug-likeness (QED) is 0.879. The van der Waals surface area contributed by atoms with E-state index in [0.717, 1.165) is 11.3 Å². The Balaban J connectivity index is 1.62. The Morgan fingerprint density at radius 2 is 1.96 bits per heavy atom. The summed E-state index contributed by atoms with van der Waals surface area (Å²) in [4.78, 5) is 26.7. The van der Waals surface area contributed by atoms with Gasteiger partial charge < -0.3 is 15.0 Å². The van der Waals surface area contributed by atoms with Gasteiger partial charge in [-0.15, -0.1) is 0 Å². The minimum Gasteiger partial charge on any atom is -0.444 e. The molecule has 1 unspecified atom stereocenters. The molecular weight excluding hydrogens is 356 g/mol. The van der Waals surface area contributed by atoms with Gasteiger partial charge in [-0.2, -0.15) is 5.10 Å². The number of aromatic nitrogens is 2. The largest absolute Gasteiger partial charge is 0.444 e. The lowest BCUT2D eigenvalue weighted by Gasteiger charge is -2.24. The molecule has 0 bridgehead atoms. The summed E-state index contributed by atoms with van der Waals surface area (Å²) in [5.41, 5.74) is 2.03. The van der Waals surface area contributed by atoms with Gasteiger partial charge in [-0.25, -0.2) is 4.79 Å². The standard InChI is InChI=1S/C21H28N4O3/c1-21(2,3)28-20(27)25-11-10-16(14-25)23-19(26)17-13-22-24(4)18(17)12-15-8-6-5-7-9-15/h5-9,13,16H,10-12,14H2,1-4H3,(H,23,26). The molecular formula is C21H28N4O3. The molecule has 1 aromatic heterocycles. The van der Waals surface area contributed by atoms with E-state index in [1.165, 1.54) is 0 Å². The van der Waals surface area contributed by atoms with E-state index in [4.69, 9.17) is 4.74 Å². The highest BCUT2D eigenvalue weighted by Gasteiger charge is 2.31. The molecule has 7 heteroatoms. The van der Waals surface area contributed by atoms with Gasteiger partial charge in [0.25, 0.3) is 5.91 Å². The van der Waals surface area contributed by atoms with Crippen LogP contribution in [0.15, 0.2) is 36.5 Å². The first-order valence-electron chi connectivity index (χ1n) is 9.56. The normalized spacial score (nSPS) is 16.9. The second-order valence-corrected chi connectivity index (χ2v) is 8.18. The van der Waals surface area contributed by atoms with Crippen molar-refractivity contribution in [3.05, 3.63) is 53.3 Å². The Labute approximate surface area is 165 Å². The van der Waals surface area contributed by atoms with Crippen LogP contribution in [0.3, 0.4) is 0 Å². The summed E-state index contributed by atoms with van der Waals surface area (Å²) in [5.74, 6) is -0.157. The summed E-state index contributed by atoms with van der Waals surface area (Å²) in [5, 5.41) is 7.30. The topological polar surface area (TPSA) is 76.5 Å². The molecule has 1 atom stereocenters. The zero-order valence-electron chi connectivity index (χ0n) is 16.9. The Kier molecular flexibility index (Phi) is 5.72. The van der Waals surface area contributed by atoms with Crippen LogP contribution in [-0.4, -0.2) is 51.4 Å². The number of carbonyl (C=O) groups excluding carboxylic acids is 2. The molecule has 0 spiro atoms. The minimum atomic E-state index is -0.527. The van der Waals surface area contributed by atoms with Crippen LogP contribution in [0.25, 0.3) is 0 Å². The smallest absolute Gasteiger partial charge is 0.410 e. The maximum Gasteiger partial charge on any atom is 0.410 e. The monoisotopic (exact) mass is 384 g/mol. The van der Waals surface area contributed by atoms with Crippen molar-refractivity contribution in [1.29, 1.82) is 0 Å². The number of nitrogens with zero attached hydrogens (tertiary/aromatic N) is 3. The number of ether oxygens (including phenoxy) is 1. The second kappa shape index (κ2) is 8.04. The number of hydrogen-bond acceptors (Lipinski definition) is 4. The van der Waals surface area contributed by atoms with E-state index in [0.29, 0.717) is 31.5 Å². The number of nitrogens with one attached hydrogen (secondary N) is 1. The van der Waals surface area contributed by atoms with Crippen molar-refractivity contribution in [1.82, 2.24) is 20.0 Å².